The number of rotatable bonds is 5. The molecule has 2 heterocycles. The molecule has 0 saturated heterocycles. The van der Waals surface area contributed by atoms with Crippen LogP contribution in [0, 0.1) is 23.2 Å². The first-order valence-corrected chi connectivity index (χ1v) is 12.6. The molecule has 33 heavy (non-hydrogen) atoms. The topological polar surface area (TPSA) is 55.6 Å². The van der Waals surface area contributed by atoms with E-state index in [4.69, 9.17) is 0 Å². The molecule has 0 radical (unpaired) electrons. The van der Waals surface area contributed by atoms with Crippen molar-refractivity contribution >= 4 is 12.1 Å². The fourth-order valence-corrected chi connectivity index (χ4v) is 4.87. The fourth-order valence-electron chi connectivity index (χ4n) is 4.87. The van der Waals surface area contributed by atoms with Gasteiger partial charge in [-0.05, 0) is 61.7 Å². The van der Waals surface area contributed by atoms with E-state index in [1.807, 2.05) is 43.8 Å². The molecule has 3 aliphatic rings. The standard InChI is InChI=1S/C26H39N3O2.C2H6/c1-18(2)25(5)12-10-23-21(14-20(25)4)11-13-29(23)17-26(6,31)24(30)27-22-9-8-19(3)15-28(7)16-22;1-2/h8-10,12,15-16,18-20,31H,11,13-14,17H2,1-7H3;1-2H3/p+1/t19?,20?,25?,26-;/m0./s1. The van der Waals surface area contributed by atoms with Crippen LogP contribution >= 0.6 is 0 Å². The quantitative estimate of drug-likeness (QED) is 0.581. The van der Waals surface area contributed by atoms with Crippen molar-refractivity contribution in [2.24, 2.45) is 23.2 Å². The van der Waals surface area contributed by atoms with E-state index < -0.39 is 5.60 Å². The predicted octanol–water partition coefficient (Wildman–Crippen LogP) is 4.86. The molecule has 1 aliphatic carbocycles. The van der Waals surface area contributed by atoms with Crippen LogP contribution in [-0.2, 0) is 4.79 Å². The Bertz CT molecular complexity index is 876. The number of carbonyl (C=O) groups excluding carboxylic acids is 1. The Morgan fingerprint density at radius 1 is 1.33 bits per heavy atom. The molecule has 1 amide bonds. The lowest BCUT2D eigenvalue weighted by Crippen LogP contribution is -2.51. The predicted molar refractivity (Wildman–Crippen MR) is 138 cm³/mol. The van der Waals surface area contributed by atoms with E-state index in [1.165, 1.54) is 11.3 Å². The van der Waals surface area contributed by atoms with Crippen molar-refractivity contribution in [3.8, 4) is 0 Å². The summed E-state index contributed by atoms with van der Waals surface area (Å²) in [4.78, 5) is 15.2. The molecule has 0 fully saturated rings. The van der Waals surface area contributed by atoms with Crippen LogP contribution in [0.1, 0.15) is 68.2 Å². The second-order valence-electron chi connectivity index (χ2n) is 10.5. The van der Waals surface area contributed by atoms with Gasteiger partial charge < -0.3 is 15.3 Å². The van der Waals surface area contributed by atoms with Crippen molar-refractivity contribution in [3.05, 3.63) is 47.5 Å². The number of nitrogens with zero attached hydrogens (tertiary/aromatic N) is 2. The van der Waals surface area contributed by atoms with Gasteiger partial charge >= 0.3 is 0 Å². The van der Waals surface area contributed by atoms with E-state index in [1.54, 1.807) is 6.92 Å². The highest BCUT2D eigenvalue weighted by Gasteiger charge is 2.39. The Balaban J connectivity index is 0.00000187. The Morgan fingerprint density at radius 2 is 2.00 bits per heavy atom. The van der Waals surface area contributed by atoms with Gasteiger partial charge in [-0.3, -0.25) is 4.79 Å². The van der Waals surface area contributed by atoms with Gasteiger partial charge in [0, 0.05) is 12.2 Å². The lowest BCUT2D eigenvalue weighted by atomic mass is 9.68. The molecular formula is C28H46N3O2+. The number of hydrogen-bond acceptors (Lipinski definition) is 3. The second kappa shape index (κ2) is 10.9. The van der Waals surface area contributed by atoms with Gasteiger partial charge in [-0.15, -0.1) is 0 Å². The van der Waals surface area contributed by atoms with E-state index >= 15 is 0 Å². The minimum atomic E-state index is -1.50. The number of amides is 1. The van der Waals surface area contributed by atoms with Crippen molar-refractivity contribution in [2.45, 2.75) is 73.8 Å². The van der Waals surface area contributed by atoms with Crippen molar-refractivity contribution in [1.29, 1.82) is 0 Å². The monoisotopic (exact) mass is 456 g/mol. The largest absolute Gasteiger partial charge is 0.378 e. The summed E-state index contributed by atoms with van der Waals surface area (Å²) in [5.41, 5.74) is 1.98. The molecule has 5 nitrogen and oxygen atoms in total. The van der Waals surface area contributed by atoms with Crippen molar-refractivity contribution in [1.82, 2.24) is 10.2 Å². The van der Waals surface area contributed by atoms with Crippen LogP contribution in [0.25, 0.3) is 0 Å². The molecule has 2 aliphatic heterocycles. The maximum atomic E-state index is 13.0. The third-order valence-electron chi connectivity index (χ3n) is 7.48. The average Bonchev–Trinajstić information content (AvgIpc) is 2.94. The smallest absolute Gasteiger partial charge is 0.258 e. The van der Waals surface area contributed by atoms with Crippen LogP contribution in [0.2, 0.25) is 0 Å². The summed E-state index contributed by atoms with van der Waals surface area (Å²) in [5.74, 6) is 1.02. The van der Waals surface area contributed by atoms with Crippen LogP contribution < -0.4 is 5.32 Å². The molecule has 4 atom stereocenters. The van der Waals surface area contributed by atoms with Crippen molar-refractivity contribution in [2.75, 3.05) is 20.1 Å². The maximum Gasteiger partial charge on any atom is 0.258 e. The molecule has 0 aromatic rings. The Hall–Kier alpha value is -2.14. The summed E-state index contributed by atoms with van der Waals surface area (Å²) in [5, 5.41) is 14.0. The number of hydrogen-bond donors (Lipinski definition) is 2. The number of β-amino-alcohol motifs (C(OH)–C–C–N with tert-alkyl or cyclic N) is 1. The third-order valence-corrected chi connectivity index (χ3v) is 7.48. The van der Waals surface area contributed by atoms with E-state index in [-0.39, 0.29) is 23.8 Å². The molecule has 0 bridgehead atoms. The highest BCUT2D eigenvalue weighted by atomic mass is 16.3. The van der Waals surface area contributed by atoms with Crippen LogP contribution in [0.3, 0.4) is 0 Å². The minimum absolute atomic E-state index is 0.147. The zero-order valence-corrected chi connectivity index (χ0v) is 22.3. The molecule has 3 unspecified atom stereocenters. The highest BCUT2D eigenvalue weighted by molar-refractivity contribution is 5.86. The van der Waals surface area contributed by atoms with Gasteiger partial charge in [0.05, 0.1) is 12.5 Å². The van der Waals surface area contributed by atoms with Gasteiger partial charge in [0.15, 0.2) is 18.0 Å². The summed E-state index contributed by atoms with van der Waals surface area (Å²) >= 11 is 0. The van der Waals surface area contributed by atoms with E-state index in [0.717, 1.165) is 19.4 Å². The van der Waals surface area contributed by atoms with E-state index in [0.29, 0.717) is 17.5 Å². The SMILES string of the molecule is CC.CC1C=CC(NC(=O)[C@@](C)(O)CN2CCC3=C2C=CC(C)(C(C)C)C(C)C3)=C[N+](C)=C1. The van der Waals surface area contributed by atoms with Crippen LogP contribution in [0.15, 0.2) is 47.5 Å². The minimum Gasteiger partial charge on any atom is -0.378 e. The number of nitrogens with one attached hydrogen (secondary N) is 1. The first-order valence-electron chi connectivity index (χ1n) is 12.6. The van der Waals surface area contributed by atoms with Crippen molar-refractivity contribution < 1.29 is 14.5 Å². The van der Waals surface area contributed by atoms with E-state index in [9.17, 15) is 9.90 Å². The molecular weight excluding hydrogens is 410 g/mol. The second-order valence-corrected chi connectivity index (χ2v) is 10.5. The lowest BCUT2D eigenvalue weighted by Gasteiger charge is -2.36. The van der Waals surface area contributed by atoms with E-state index in [2.05, 4.69) is 63.2 Å². The summed E-state index contributed by atoms with van der Waals surface area (Å²) in [6.45, 7) is 18.1. The molecule has 0 spiro atoms. The molecule has 0 aromatic carbocycles. The molecule has 5 heteroatoms. The summed E-state index contributed by atoms with van der Waals surface area (Å²) in [7, 11) is 1.94. The van der Waals surface area contributed by atoms with Crippen LogP contribution in [0.4, 0.5) is 0 Å². The molecule has 184 valence electrons. The molecule has 0 saturated carbocycles. The first kappa shape index (κ1) is 27.1. The first-order chi connectivity index (χ1) is 15.4. The van der Waals surface area contributed by atoms with Crippen LogP contribution in [0.5, 0.6) is 0 Å². The lowest BCUT2D eigenvalue weighted by molar-refractivity contribution is -0.419. The van der Waals surface area contributed by atoms with Gasteiger partial charge in [-0.1, -0.05) is 53.7 Å². The molecule has 3 rings (SSSR count). The Morgan fingerprint density at radius 3 is 2.64 bits per heavy atom. The van der Waals surface area contributed by atoms with Gasteiger partial charge in [-0.25, -0.2) is 4.58 Å². The number of allylic oxidation sites excluding steroid dienone is 4. The van der Waals surface area contributed by atoms with Gasteiger partial charge in [0.1, 0.15) is 12.7 Å². The summed E-state index contributed by atoms with van der Waals surface area (Å²) in [6, 6.07) is 0. The zero-order chi connectivity index (χ0) is 25.0. The Kier molecular flexibility index (Phi) is 8.92. The van der Waals surface area contributed by atoms with Crippen molar-refractivity contribution in [3.63, 3.8) is 0 Å². The van der Waals surface area contributed by atoms with Gasteiger partial charge in [0.2, 0.25) is 0 Å². The normalized spacial score (nSPS) is 28.8. The van der Waals surface area contributed by atoms with Gasteiger partial charge in [0.25, 0.3) is 5.91 Å². The molecule has 2 N–H and O–H groups in total. The fraction of sp³-hybridized carbons (Fsp3) is 0.643. The zero-order valence-electron chi connectivity index (χ0n) is 22.3. The number of carbonyl (C=O) groups is 1. The van der Waals surface area contributed by atoms with Crippen LogP contribution in [-0.4, -0.2) is 52.4 Å². The average molecular weight is 457 g/mol. The van der Waals surface area contributed by atoms with Gasteiger partial charge in [-0.2, -0.15) is 0 Å². The molecule has 0 aromatic heterocycles. The maximum absolute atomic E-state index is 13.0. The third kappa shape index (κ3) is 6.26. The highest BCUT2D eigenvalue weighted by Crippen LogP contribution is 2.45. The summed E-state index contributed by atoms with van der Waals surface area (Å²) < 4.78 is 1.94. The number of aliphatic hydroxyl groups is 1. The summed E-state index contributed by atoms with van der Waals surface area (Å²) in [6.07, 6.45) is 14.5. The Labute approximate surface area is 201 Å².